The molecule has 2 aromatic heterocycles. The highest BCUT2D eigenvalue weighted by atomic mass is 79.9. The molecule has 0 aromatic carbocycles. The minimum Gasteiger partial charge on any atom is -0.339 e. The summed E-state index contributed by atoms with van der Waals surface area (Å²) in [5.74, 6) is 1.47. The second kappa shape index (κ2) is 6.90. The molecule has 156 valence electrons. The van der Waals surface area contributed by atoms with E-state index in [1.165, 1.54) is 6.42 Å². The molecule has 0 radical (unpaired) electrons. The average Bonchev–Trinajstić information content (AvgIpc) is 3.26. The van der Waals surface area contributed by atoms with Crippen LogP contribution in [0.25, 0.3) is 0 Å². The molecule has 4 aliphatic carbocycles. The zero-order chi connectivity index (χ0) is 20.4. The maximum atomic E-state index is 13.8. The smallest absolute Gasteiger partial charge is 0.228 e. The lowest BCUT2D eigenvalue weighted by Gasteiger charge is -2.61. The minimum atomic E-state index is -0.281. The van der Waals surface area contributed by atoms with Crippen molar-refractivity contribution >= 4 is 37.8 Å². The summed E-state index contributed by atoms with van der Waals surface area (Å²) >= 11 is 6.99. The van der Waals surface area contributed by atoms with E-state index in [9.17, 15) is 4.79 Å². The van der Waals surface area contributed by atoms with Crippen molar-refractivity contribution < 1.29 is 4.79 Å². The lowest BCUT2D eigenvalue weighted by atomic mass is 9.46. The SMILES string of the molecule is CCn1cc(Br)c(CN(C)C(=O)C23CC4CC(C2)CC(n2cnc(Br)n2)(C4)C3)n1. The van der Waals surface area contributed by atoms with Crippen molar-refractivity contribution in [3.63, 3.8) is 0 Å². The lowest BCUT2D eigenvalue weighted by molar-refractivity contribution is -0.166. The molecule has 2 atom stereocenters. The molecule has 4 saturated carbocycles. The van der Waals surface area contributed by atoms with Crippen LogP contribution < -0.4 is 0 Å². The lowest BCUT2D eigenvalue weighted by Crippen LogP contribution is -2.61. The molecule has 4 fully saturated rings. The predicted octanol–water partition coefficient (Wildman–Crippen LogP) is 3.97. The summed E-state index contributed by atoms with van der Waals surface area (Å²) in [7, 11) is 1.93. The van der Waals surface area contributed by atoms with Crippen LogP contribution in [0.5, 0.6) is 0 Å². The van der Waals surface area contributed by atoms with Gasteiger partial charge in [-0.3, -0.25) is 9.48 Å². The Kier molecular flexibility index (Phi) is 4.70. The van der Waals surface area contributed by atoms with Gasteiger partial charge in [0.2, 0.25) is 10.6 Å². The Balaban J connectivity index is 1.42. The van der Waals surface area contributed by atoms with Gasteiger partial charge in [0.05, 0.1) is 27.7 Å². The fraction of sp³-hybridized carbons (Fsp3) is 0.700. The Morgan fingerprint density at radius 2 is 1.97 bits per heavy atom. The van der Waals surface area contributed by atoms with Crippen molar-refractivity contribution in [2.24, 2.45) is 17.3 Å². The quantitative estimate of drug-likeness (QED) is 0.592. The van der Waals surface area contributed by atoms with E-state index in [1.807, 2.05) is 29.2 Å². The molecule has 0 N–H and O–H groups in total. The molecule has 0 aliphatic heterocycles. The largest absolute Gasteiger partial charge is 0.339 e. The Bertz CT molecular complexity index is 939. The average molecular weight is 526 g/mol. The molecular weight excluding hydrogens is 500 g/mol. The zero-order valence-corrected chi connectivity index (χ0v) is 20.0. The molecule has 7 nitrogen and oxygen atoms in total. The number of amides is 1. The molecule has 6 rings (SSSR count). The third-order valence-corrected chi connectivity index (χ3v) is 8.30. The molecule has 0 saturated heterocycles. The first kappa shape index (κ1) is 19.7. The minimum absolute atomic E-state index is 0.0655. The van der Waals surface area contributed by atoms with E-state index in [0.717, 1.165) is 48.8 Å². The molecule has 0 spiro atoms. The highest BCUT2D eigenvalue weighted by Gasteiger charge is 2.62. The zero-order valence-electron chi connectivity index (χ0n) is 16.8. The summed E-state index contributed by atoms with van der Waals surface area (Å²) in [6.45, 7) is 3.42. The highest BCUT2D eigenvalue weighted by molar-refractivity contribution is 9.10. The van der Waals surface area contributed by atoms with Gasteiger partial charge in [0.25, 0.3) is 0 Å². The van der Waals surface area contributed by atoms with Crippen molar-refractivity contribution in [3.05, 3.63) is 27.4 Å². The van der Waals surface area contributed by atoms with E-state index in [-0.39, 0.29) is 16.9 Å². The number of nitrogens with zero attached hydrogens (tertiary/aromatic N) is 6. The van der Waals surface area contributed by atoms with Crippen LogP contribution in [0, 0.1) is 17.3 Å². The van der Waals surface area contributed by atoms with Crippen molar-refractivity contribution in [2.75, 3.05) is 7.05 Å². The Morgan fingerprint density at radius 3 is 2.55 bits per heavy atom. The molecule has 4 bridgehead atoms. The van der Waals surface area contributed by atoms with Crippen LogP contribution >= 0.6 is 31.9 Å². The number of halogens is 2. The maximum absolute atomic E-state index is 13.8. The van der Waals surface area contributed by atoms with Crippen LogP contribution in [0.4, 0.5) is 0 Å². The molecule has 4 aliphatic rings. The summed E-state index contributed by atoms with van der Waals surface area (Å²) < 4.78 is 5.55. The summed E-state index contributed by atoms with van der Waals surface area (Å²) in [4.78, 5) is 20.0. The number of aryl methyl sites for hydroxylation is 1. The first-order valence-electron chi connectivity index (χ1n) is 10.4. The first-order valence-corrected chi connectivity index (χ1v) is 12.0. The van der Waals surface area contributed by atoms with Gasteiger partial charge >= 0.3 is 0 Å². The Morgan fingerprint density at radius 1 is 1.24 bits per heavy atom. The van der Waals surface area contributed by atoms with Crippen LogP contribution in [0.2, 0.25) is 0 Å². The number of carbonyl (C=O) groups is 1. The number of hydrogen-bond donors (Lipinski definition) is 0. The molecular formula is C20H26Br2N6O. The molecule has 2 aromatic rings. The molecule has 9 heteroatoms. The van der Waals surface area contributed by atoms with Crippen molar-refractivity contribution in [2.45, 2.75) is 64.1 Å². The molecule has 2 heterocycles. The third kappa shape index (κ3) is 3.19. The number of carbonyl (C=O) groups excluding carboxylic acids is 1. The summed E-state index contributed by atoms with van der Waals surface area (Å²) in [5.41, 5.74) is 0.573. The fourth-order valence-electron chi connectivity index (χ4n) is 6.61. The van der Waals surface area contributed by atoms with Crippen LogP contribution in [0.1, 0.15) is 51.1 Å². The number of aromatic nitrogens is 5. The van der Waals surface area contributed by atoms with Gasteiger partial charge in [0.15, 0.2) is 0 Å². The number of rotatable bonds is 5. The number of hydrogen-bond acceptors (Lipinski definition) is 4. The van der Waals surface area contributed by atoms with Crippen molar-refractivity contribution in [1.29, 1.82) is 0 Å². The van der Waals surface area contributed by atoms with Crippen LogP contribution in [0.15, 0.2) is 21.7 Å². The van der Waals surface area contributed by atoms with E-state index in [4.69, 9.17) is 0 Å². The van der Waals surface area contributed by atoms with E-state index in [2.05, 4.69) is 58.6 Å². The summed E-state index contributed by atoms with van der Waals surface area (Å²) in [6, 6.07) is 0. The predicted molar refractivity (Wildman–Crippen MR) is 115 cm³/mol. The van der Waals surface area contributed by atoms with Crippen molar-refractivity contribution in [1.82, 2.24) is 29.4 Å². The second-order valence-corrected chi connectivity index (χ2v) is 10.9. The normalized spacial score (nSPS) is 32.7. The van der Waals surface area contributed by atoms with Gasteiger partial charge in [-0.1, -0.05) is 0 Å². The van der Waals surface area contributed by atoms with Gasteiger partial charge in [0, 0.05) is 19.8 Å². The third-order valence-electron chi connectivity index (χ3n) is 7.28. The van der Waals surface area contributed by atoms with E-state index in [1.54, 1.807) is 0 Å². The Labute approximate surface area is 187 Å². The van der Waals surface area contributed by atoms with Crippen molar-refractivity contribution in [3.8, 4) is 0 Å². The second-order valence-electron chi connectivity index (χ2n) is 9.36. The van der Waals surface area contributed by atoms with Gasteiger partial charge in [-0.15, -0.1) is 5.10 Å². The Hall–Kier alpha value is -1.22. The van der Waals surface area contributed by atoms with Crippen LogP contribution in [-0.4, -0.2) is 42.4 Å². The molecule has 1 amide bonds. The van der Waals surface area contributed by atoms with Gasteiger partial charge in [-0.25, -0.2) is 9.67 Å². The maximum Gasteiger partial charge on any atom is 0.228 e. The van der Waals surface area contributed by atoms with Gasteiger partial charge < -0.3 is 4.90 Å². The van der Waals surface area contributed by atoms with Crippen LogP contribution in [0.3, 0.4) is 0 Å². The monoisotopic (exact) mass is 524 g/mol. The van der Waals surface area contributed by atoms with E-state index < -0.39 is 0 Å². The molecule has 29 heavy (non-hydrogen) atoms. The van der Waals surface area contributed by atoms with Gasteiger partial charge in [-0.2, -0.15) is 5.10 Å². The summed E-state index contributed by atoms with van der Waals surface area (Å²) in [6.07, 6.45) is 10.2. The van der Waals surface area contributed by atoms with Gasteiger partial charge in [-0.05, 0) is 89.1 Å². The fourth-order valence-corrected chi connectivity index (χ4v) is 7.31. The van der Waals surface area contributed by atoms with E-state index in [0.29, 0.717) is 23.1 Å². The highest BCUT2D eigenvalue weighted by Crippen LogP contribution is 2.64. The first-order chi connectivity index (χ1) is 13.8. The van der Waals surface area contributed by atoms with E-state index >= 15 is 0 Å². The standard InChI is InChI=1S/C20H26Br2N6O/c1-3-27-9-15(21)16(24-27)10-26(2)17(29)19-5-13-4-14(6-19)8-20(7-13,11-19)28-12-23-18(22)25-28/h9,12-14H,3-8,10-11H2,1-2H3. The molecule has 2 unspecified atom stereocenters. The van der Waals surface area contributed by atoms with Crippen LogP contribution in [-0.2, 0) is 23.4 Å². The topological polar surface area (TPSA) is 68.8 Å². The van der Waals surface area contributed by atoms with Gasteiger partial charge in [0.1, 0.15) is 6.33 Å². The summed E-state index contributed by atoms with van der Waals surface area (Å²) in [5, 5.41) is 9.22.